The first kappa shape index (κ1) is 45.9. The van der Waals surface area contributed by atoms with E-state index >= 15 is 0 Å². The third-order valence-corrected chi connectivity index (χ3v) is 7.68. The van der Waals surface area contributed by atoms with E-state index in [-0.39, 0.29) is 19.4 Å². The van der Waals surface area contributed by atoms with Gasteiger partial charge in [-0.3, -0.25) is 23.4 Å². The molecule has 0 aromatic rings. The Bertz CT molecular complexity index is 1110. The molecular weight excluding hydrogens is 649 g/mol. The van der Waals surface area contributed by atoms with Crippen LogP contribution in [0.1, 0.15) is 110 Å². The lowest BCUT2D eigenvalue weighted by molar-refractivity contribution is -0.161. The molecule has 0 aromatic heterocycles. The minimum Gasteiger partial charge on any atom is -0.480 e. The Hall–Kier alpha value is -3.08. The molecule has 4 N–H and O–H groups in total. The average Bonchev–Trinajstić information content (AvgIpc) is 3.07. The lowest BCUT2D eigenvalue weighted by atomic mass is 10.1. The number of rotatable bonds is 31. The Morgan fingerprint density at radius 2 is 1.14 bits per heavy atom. The summed E-state index contributed by atoms with van der Waals surface area (Å²) < 4.78 is 32.2. The van der Waals surface area contributed by atoms with Crippen LogP contribution in [0.4, 0.5) is 0 Å². The zero-order chi connectivity index (χ0) is 36.4. The van der Waals surface area contributed by atoms with Gasteiger partial charge in [-0.15, -0.1) is 0 Å². The molecule has 0 aliphatic heterocycles. The third kappa shape index (κ3) is 31.9. The van der Waals surface area contributed by atoms with Crippen molar-refractivity contribution in [2.45, 2.75) is 122 Å². The molecule has 0 aromatic carbocycles. The Morgan fingerprint density at radius 1 is 0.653 bits per heavy atom. The molecule has 0 saturated heterocycles. The smallest absolute Gasteiger partial charge is 0.472 e. The zero-order valence-corrected chi connectivity index (χ0v) is 30.4. The summed E-state index contributed by atoms with van der Waals surface area (Å²) in [5, 5.41) is 8.82. The highest BCUT2D eigenvalue weighted by atomic mass is 31.2. The molecule has 0 rings (SSSR count). The van der Waals surface area contributed by atoms with Crippen molar-refractivity contribution in [1.82, 2.24) is 0 Å². The van der Waals surface area contributed by atoms with Gasteiger partial charge in [-0.25, -0.2) is 4.57 Å². The Labute approximate surface area is 293 Å². The molecule has 0 bridgehead atoms. The minimum atomic E-state index is -4.72. The van der Waals surface area contributed by atoms with Gasteiger partial charge >= 0.3 is 25.7 Å². The second kappa shape index (κ2) is 32.1. The van der Waals surface area contributed by atoms with Gasteiger partial charge in [0.2, 0.25) is 0 Å². The number of ether oxygens (including phenoxy) is 2. The maximum absolute atomic E-state index is 12.5. The number of carbonyl (C=O) groups excluding carboxylic acids is 2. The highest BCUT2D eigenvalue weighted by Crippen LogP contribution is 2.43. The first-order valence-corrected chi connectivity index (χ1v) is 19.0. The summed E-state index contributed by atoms with van der Waals surface area (Å²) in [6.07, 6.45) is 36.0. The predicted molar refractivity (Wildman–Crippen MR) is 194 cm³/mol. The quantitative estimate of drug-likeness (QED) is 0.0274. The fraction of sp³-hybridized carbons (Fsp3) is 0.595. The largest absolute Gasteiger partial charge is 0.480 e. The molecule has 0 heterocycles. The lowest BCUT2D eigenvalue weighted by Crippen LogP contribution is -2.34. The summed E-state index contributed by atoms with van der Waals surface area (Å²) in [7, 11) is -4.72. The van der Waals surface area contributed by atoms with E-state index in [9.17, 15) is 23.8 Å². The van der Waals surface area contributed by atoms with Gasteiger partial charge in [0.05, 0.1) is 13.2 Å². The molecule has 0 aliphatic rings. The van der Waals surface area contributed by atoms with E-state index in [0.717, 1.165) is 64.2 Å². The maximum Gasteiger partial charge on any atom is 0.472 e. The average molecular weight is 710 g/mol. The summed E-state index contributed by atoms with van der Waals surface area (Å²) in [6, 6.07) is -1.53. The second-order valence-electron chi connectivity index (χ2n) is 11.3. The van der Waals surface area contributed by atoms with Crippen LogP contribution in [-0.2, 0) is 37.5 Å². The number of aliphatic carboxylic acids is 1. The van der Waals surface area contributed by atoms with Crippen molar-refractivity contribution in [3.05, 3.63) is 72.9 Å². The van der Waals surface area contributed by atoms with Crippen LogP contribution in [0.25, 0.3) is 0 Å². The van der Waals surface area contributed by atoms with E-state index in [1.54, 1.807) is 0 Å². The number of carboxylic acid groups (broad SMARTS) is 1. The van der Waals surface area contributed by atoms with Crippen LogP contribution < -0.4 is 5.73 Å². The standard InChI is InChI=1S/C37H60NO10P/c1-3-5-7-9-11-12-13-14-15-16-17-18-19-20-21-22-23-25-27-29-36(40)48-33(30-45-35(39)28-26-24-10-8-6-4-2)31-46-49(43,44)47-32-34(38)37(41)42/h5,7,11-12,14-15,17-18,20-21,23,25,33-34H,3-4,6,8-10,13,16,19,22,24,26-32,38H2,1-2H3,(H,41,42)(H,43,44)/b7-5-,12-11-,15-14-,18-17-,21-20-,25-23-. The Kier molecular flexibility index (Phi) is 30.1. The summed E-state index contributed by atoms with van der Waals surface area (Å²) >= 11 is 0. The van der Waals surface area contributed by atoms with Gasteiger partial charge in [-0.05, 0) is 51.4 Å². The van der Waals surface area contributed by atoms with Gasteiger partial charge in [0.1, 0.15) is 12.6 Å². The monoisotopic (exact) mass is 709 g/mol. The van der Waals surface area contributed by atoms with E-state index < -0.39 is 51.1 Å². The summed E-state index contributed by atoms with van der Waals surface area (Å²) in [6.45, 7) is 2.48. The molecule has 0 aliphatic carbocycles. The Balaban J connectivity index is 4.56. The van der Waals surface area contributed by atoms with Gasteiger partial charge in [0.25, 0.3) is 0 Å². The molecule has 3 atom stereocenters. The van der Waals surface area contributed by atoms with Crippen molar-refractivity contribution in [3.8, 4) is 0 Å². The second-order valence-corrected chi connectivity index (χ2v) is 12.7. The van der Waals surface area contributed by atoms with Crippen molar-refractivity contribution in [3.63, 3.8) is 0 Å². The highest BCUT2D eigenvalue weighted by molar-refractivity contribution is 7.47. The van der Waals surface area contributed by atoms with E-state index in [1.807, 2.05) is 18.2 Å². The molecular formula is C37H60NO10P. The van der Waals surface area contributed by atoms with Crippen LogP contribution in [0, 0.1) is 0 Å². The number of carbonyl (C=O) groups is 3. The van der Waals surface area contributed by atoms with Crippen molar-refractivity contribution >= 4 is 25.7 Å². The molecule has 278 valence electrons. The number of phosphoric acid groups is 1. The lowest BCUT2D eigenvalue weighted by Gasteiger charge is -2.20. The number of nitrogens with two attached hydrogens (primary N) is 1. The molecule has 11 nitrogen and oxygen atoms in total. The van der Waals surface area contributed by atoms with Crippen molar-refractivity contribution in [2.75, 3.05) is 19.8 Å². The zero-order valence-electron chi connectivity index (χ0n) is 29.5. The molecule has 49 heavy (non-hydrogen) atoms. The van der Waals surface area contributed by atoms with Gasteiger partial charge in [0, 0.05) is 12.8 Å². The fourth-order valence-corrected chi connectivity index (χ4v) is 4.75. The molecule has 3 unspecified atom stereocenters. The number of phosphoric ester groups is 1. The summed E-state index contributed by atoms with van der Waals surface area (Å²) in [5.74, 6) is -2.51. The van der Waals surface area contributed by atoms with Crippen LogP contribution >= 0.6 is 7.82 Å². The number of carboxylic acids is 1. The van der Waals surface area contributed by atoms with Crippen LogP contribution in [0.3, 0.4) is 0 Å². The molecule has 0 amide bonds. The number of hydrogen-bond donors (Lipinski definition) is 3. The molecule has 12 heteroatoms. The minimum absolute atomic E-state index is 0.0329. The molecule has 0 saturated carbocycles. The first-order valence-electron chi connectivity index (χ1n) is 17.5. The van der Waals surface area contributed by atoms with Crippen LogP contribution in [0.5, 0.6) is 0 Å². The summed E-state index contributed by atoms with van der Waals surface area (Å²) in [4.78, 5) is 45.4. The molecule has 0 spiro atoms. The van der Waals surface area contributed by atoms with E-state index in [0.29, 0.717) is 19.3 Å². The van der Waals surface area contributed by atoms with Gasteiger partial charge < -0.3 is 25.2 Å². The van der Waals surface area contributed by atoms with E-state index in [1.165, 1.54) is 0 Å². The van der Waals surface area contributed by atoms with Crippen LogP contribution in [-0.4, -0.2) is 59.9 Å². The third-order valence-electron chi connectivity index (χ3n) is 6.73. The van der Waals surface area contributed by atoms with Gasteiger partial charge in [-0.1, -0.05) is 119 Å². The van der Waals surface area contributed by atoms with Crippen molar-refractivity contribution < 1.29 is 47.5 Å². The van der Waals surface area contributed by atoms with E-state index in [4.69, 9.17) is 24.8 Å². The van der Waals surface area contributed by atoms with Crippen molar-refractivity contribution in [1.29, 1.82) is 0 Å². The van der Waals surface area contributed by atoms with Gasteiger partial charge in [-0.2, -0.15) is 0 Å². The van der Waals surface area contributed by atoms with E-state index in [2.05, 4.69) is 73.1 Å². The number of esters is 2. The van der Waals surface area contributed by atoms with Gasteiger partial charge in [0.15, 0.2) is 6.10 Å². The van der Waals surface area contributed by atoms with Crippen LogP contribution in [0.2, 0.25) is 0 Å². The maximum atomic E-state index is 12.5. The topological polar surface area (TPSA) is 172 Å². The fourth-order valence-electron chi connectivity index (χ4n) is 3.97. The Morgan fingerprint density at radius 3 is 1.67 bits per heavy atom. The SMILES string of the molecule is CC/C=C\C/C=C\C/C=C\C/C=C\C/C=C\C/C=C\CCC(=O)OC(COC(=O)CCCCCCCC)COP(=O)(O)OCC(N)C(=O)O. The number of allylic oxidation sites excluding steroid dienone is 12. The normalized spacial score (nSPS) is 14.9. The predicted octanol–water partition coefficient (Wildman–Crippen LogP) is 8.22. The number of hydrogen-bond acceptors (Lipinski definition) is 9. The molecule has 0 fully saturated rings. The van der Waals surface area contributed by atoms with Crippen molar-refractivity contribution in [2.24, 2.45) is 5.73 Å². The van der Waals surface area contributed by atoms with Crippen LogP contribution in [0.15, 0.2) is 72.9 Å². The molecule has 0 radical (unpaired) electrons. The summed E-state index contributed by atoms with van der Waals surface area (Å²) in [5.41, 5.74) is 5.29. The number of unbranched alkanes of at least 4 members (excludes halogenated alkanes) is 5. The first-order chi connectivity index (χ1) is 23.6. The highest BCUT2D eigenvalue weighted by Gasteiger charge is 2.28.